The summed E-state index contributed by atoms with van der Waals surface area (Å²) in [5, 5.41) is 3.56. The van der Waals surface area contributed by atoms with Gasteiger partial charge in [-0.2, -0.15) is 0 Å². The molecule has 0 bridgehead atoms. The molecule has 0 saturated carbocycles. The van der Waals surface area contributed by atoms with E-state index < -0.39 is 6.10 Å². The molecule has 5 heteroatoms. The molecular weight excluding hydrogens is 302 g/mol. The SMILES string of the molecule is C[C@H](NC(=O)[C@@H]1COc2ccccc2O1)c1cccc(Cl)c1. The van der Waals surface area contributed by atoms with Crippen molar-refractivity contribution in [3.05, 3.63) is 59.1 Å². The van der Waals surface area contributed by atoms with Gasteiger partial charge in [0.15, 0.2) is 11.5 Å². The molecule has 1 aliphatic rings. The van der Waals surface area contributed by atoms with E-state index in [0.717, 1.165) is 5.56 Å². The lowest BCUT2D eigenvalue weighted by atomic mass is 10.1. The van der Waals surface area contributed by atoms with Crippen LogP contribution in [0.1, 0.15) is 18.5 Å². The van der Waals surface area contributed by atoms with E-state index >= 15 is 0 Å². The Morgan fingerprint density at radius 2 is 2.00 bits per heavy atom. The van der Waals surface area contributed by atoms with Crippen LogP contribution in [0.15, 0.2) is 48.5 Å². The second kappa shape index (κ2) is 6.28. The van der Waals surface area contributed by atoms with Crippen LogP contribution in [-0.4, -0.2) is 18.6 Å². The molecule has 4 nitrogen and oxygen atoms in total. The number of ether oxygens (including phenoxy) is 2. The van der Waals surface area contributed by atoms with Crippen molar-refractivity contribution >= 4 is 17.5 Å². The second-order valence-corrected chi connectivity index (χ2v) is 5.59. The van der Waals surface area contributed by atoms with E-state index in [-0.39, 0.29) is 18.6 Å². The van der Waals surface area contributed by atoms with E-state index in [1.165, 1.54) is 0 Å². The van der Waals surface area contributed by atoms with E-state index in [1.54, 1.807) is 12.1 Å². The van der Waals surface area contributed by atoms with E-state index in [2.05, 4.69) is 5.32 Å². The van der Waals surface area contributed by atoms with Gasteiger partial charge in [0, 0.05) is 5.02 Å². The van der Waals surface area contributed by atoms with Crippen LogP contribution < -0.4 is 14.8 Å². The first-order valence-electron chi connectivity index (χ1n) is 7.08. The molecule has 2 aromatic carbocycles. The molecule has 3 rings (SSSR count). The summed E-state index contributed by atoms with van der Waals surface area (Å²) in [4.78, 5) is 12.3. The number of rotatable bonds is 3. The van der Waals surface area contributed by atoms with Crippen LogP contribution in [0.5, 0.6) is 11.5 Å². The highest BCUT2D eigenvalue weighted by Crippen LogP contribution is 2.31. The molecule has 2 aromatic rings. The minimum absolute atomic E-state index is 0.160. The number of nitrogens with one attached hydrogen (secondary N) is 1. The fraction of sp³-hybridized carbons (Fsp3) is 0.235. The van der Waals surface area contributed by atoms with Crippen molar-refractivity contribution in [2.45, 2.75) is 19.1 Å². The quantitative estimate of drug-likeness (QED) is 0.944. The smallest absolute Gasteiger partial charge is 0.265 e. The molecule has 0 radical (unpaired) electrons. The largest absolute Gasteiger partial charge is 0.485 e. The molecule has 1 heterocycles. The fourth-order valence-electron chi connectivity index (χ4n) is 2.31. The molecule has 1 N–H and O–H groups in total. The van der Waals surface area contributed by atoms with Gasteiger partial charge >= 0.3 is 0 Å². The van der Waals surface area contributed by atoms with Gasteiger partial charge in [0.05, 0.1) is 6.04 Å². The van der Waals surface area contributed by atoms with Gasteiger partial charge in [-0.15, -0.1) is 0 Å². The summed E-state index contributed by atoms with van der Waals surface area (Å²) in [6, 6.07) is 14.6. The Bertz CT molecular complexity index is 689. The Hall–Kier alpha value is -2.20. The first kappa shape index (κ1) is 14.7. The Labute approximate surface area is 134 Å². The van der Waals surface area contributed by atoms with Gasteiger partial charge < -0.3 is 14.8 Å². The lowest BCUT2D eigenvalue weighted by Crippen LogP contribution is -2.44. The number of fused-ring (bicyclic) bond motifs is 1. The number of para-hydroxylation sites is 2. The predicted molar refractivity (Wildman–Crippen MR) is 84.4 cm³/mol. The molecule has 114 valence electrons. The summed E-state index contributed by atoms with van der Waals surface area (Å²) in [5.74, 6) is 1.04. The van der Waals surface area contributed by atoms with E-state index in [4.69, 9.17) is 21.1 Å². The van der Waals surface area contributed by atoms with Gasteiger partial charge in [0.2, 0.25) is 6.10 Å². The van der Waals surface area contributed by atoms with Crippen LogP contribution in [0.2, 0.25) is 5.02 Å². The molecule has 22 heavy (non-hydrogen) atoms. The van der Waals surface area contributed by atoms with Gasteiger partial charge in [-0.05, 0) is 36.8 Å². The highest BCUT2D eigenvalue weighted by atomic mass is 35.5. The van der Waals surface area contributed by atoms with Crippen LogP contribution in [0, 0.1) is 0 Å². The van der Waals surface area contributed by atoms with Crippen LogP contribution in [0.4, 0.5) is 0 Å². The second-order valence-electron chi connectivity index (χ2n) is 5.15. The number of hydrogen-bond donors (Lipinski definition) is 1. The Balaban J connectivity index is 1.65. The normalized spacial score (nSPS) is 17.6. The zero-order chi connectivity index (χ0) is 15.5. The Kier molecular flexibility index (Phi) is 4.20. The molecule has 0 fully saturated rings. The number of benzene rings is 2. The number of carbonyl (C=O) groups excluding carboxylic acids is 1. The summed E-state index contributed by atoms with van der Waals surface area (Å²) in [6.45, 7) is 2.10. The molecule has 0 unspecified atom stereocenters. The molecule has 0 spiro atoms. The molecule has 2 atom stereocenters. The highest BCUT2D eigenvalue weighted by molar-refractivity contribution is 6.30. The molecular formula is C17H16ClNO3. The number of hydrogen-bond acceptors (Lipinski definition) is 3. The maximum absolute atomic E-state index is 12.3. The summed E-state index contributed by atoms with van der Waals surface area (Å²) < 4.78 is 11.2. The van der Waals surface area contributed by atoms with Crippen molar-refractivity contribution in [1.82, 2.24) is 5.32 Å². The van der Waals surface area contributed by atoms with Gasteiger partial charge in [-0.25, -0.2) is 0 Å². The maximum atomic E-state index is 12.3. The van der Waals surface area contributed by atoms with Crippen molar-refractivity contribution in [1.29, 1.82) is 0 Å². The summed E-state index contributed by atoms with van der Waals surface area (Å²) in [7, 11) is 0. The monoisotopic (exact) mass is 317 g/mol. The zero-order valence-electron chi connectivity index (χ0n) is 12.1. The fourth-order valence-corrected chi connectivity index (χ4v) is 2.51. The van der Waals surface area contributed by atoms with Gasteiger partial charge in [-0.3, -0.25) is 4.79 Å². The maximum Gasteiger partial charge on any atom is 0.265 e. The molecule has 0 aromatic heterocycles. The van der Waals surface area contributed by atoms with E-state index in [0.29, 0.717) is 16.5 Å². The van der Waals surface area contributed by atoms with Gasteiger partial charge in [0.1, 0.15) is 6.61 Å². The first-order valence-corrected chi connectivity index (χ1v) is 7.45. The summed E-state index contributed by atoms with van der Waals surface area (Å²) >= 11 is 5.97. The zero-order valence-corrected chi connectivity index (χ0v) is 12.8. The third-order valence-electron chi connectivity index (χ3n) is 3.51. The van der Waals surface area contributed by atoms with E-state index in [1.807, 2.05) is 43.3 Å². The molecule has 0 aliphatic carbocycles. The van der Waals surface area contributed by atoms with Gasteiger partial charge in [0.25, 0.3) is 5.91 Å². The van der Waals surface area contributed by atoms with Gasteiger partial charge in [-0.1, -0.05) is 35.9 Å². The predicted octanol–water partition coefficient (Wildman–Crippen LogP) is 3.36. The first-order chi connectivity index (χ1) is 10.6. The number of amides is 1. The average molecular weight is 318 g/mol. The molecule has 1 aliphatic heterocycles. The summed E-state index contributed by atoms with van der Waals surface area (Å²) in [6.07, 6.45) is -0.656. The summed E-state index contributed by atoms with van der Waals surface area (Å²) in [5.41, 5.74) is 0.943. The number of carbonyl (C=O) groups is 1. The van der Waals surface area contributed by atoms with E-state index in [9.17, 15) is 4.79 Å². The van der Waals surface area contributed by atoms with Crippen LogP contribution >= 0.6 is 11.6 Å². The minimum atomic E-state index is -0.656. The van der Waals surface area contributed by atoms with Crippen LogP contribution in [0.3, 0.4) is 0 Å². The molecule has 1 amide bonds. The Morgan fingerprint density at radius 3 is 2.77 bits per heavy atom. The van der Waals surface area contributed by atoms with Crippen LogP contribution in [-0.2, 0) is 4.79 Å². The average Bonchev–Trinajstić information content (AvgIpc) is 2.54. The van der Waals surface area contributed by atoms with Crippen molar-refractivity contribution < 1.29 is 14.3 Å². The van der Waals surface area contributed by atoms with Crippen LogP contribution in [0.25, 0.3) is 0 Å². The van der Waals surface area contributed by atoms with Crippen molar-refractivity contribution in [2.24, 2.45) is 0 Å². The lowest BCUT2D eigenvalue weighted by Gasteiger charge is -2.26. The minimum Gasteiger partial charge on any atom is -0.485 e. The third kappa shape index (κ3) is 3.17. The topological polar surface area (TPSA) is 47.6 Å². The van der Waals surface area contributed by atoms with Crippen molar-refractivity contribution in [2.75, 3.05) is 6.61 Å². The number of halogens is 1. The van der Waals surface area contributed by atoms with Crippen molar-refractivity contribution in [3.63, 3.8) is 0 Å². The highest BCUT2D eigenvalue weighted by Gasteiger charge is 2.28. The molecule has 0 saturated heterocycles. The standard InChI is InChI=1S/C17H16ClNO3/c1-11(12-5-4-6-13(18)9-12)19-17(20)16-10-21-14-7-2-3-8-15(14)22-16/h2-9,11,16H,10H2,1H3,(H,19,20)/t11-,16-/m0/s1. The third-order valence-corrected chi connectivity index (χ3v) is 3.74. The van der Waals surface area contributed by atoms with Crippen molar-refractivity contribution in [3.8, 4) is 11.5 Å². The Morgan fingerprint density at radius 1 is 1.23 bits per heavy atom. The lowest BCUT2D eigenvalue weighted by molar-refractivity contribution is -0.131.